The number of guanidine groups is 1. The summed E-state index contributed by atoms with van der Waals surface area (Å²) in [5, 5.41) is 0. The summed E-state index contributed by atoms with van der Waals surface area (Å²) in [5.41, 5.74) is 8.82. The molecule has 2 aliphatic rings. The summed E-state index contributed by atoms with van der Waals surface area (Å²) < 4.78 is 19.8. The molecule has 2 amide bonds. The molecule has 0 fully saturated rings. The highest BCUT2D eigenvalue weighted by Crippen LogP contribution is 2.40. The number of nitrogens with two attached hydrogens (primary N) is 1. The molecule has 2 N–H and O–H groups in total. The first kappa shape index (κ1) is 25.3. The SMILES string of the molecule is COc1ccc(CN2C(=O)C(c3ccccc3)(c3ccccc3)N=C2N)cc1C(=O)N1Cc2cccc(F)c2C1. The number of ether oxygens (including phenoxy) is 1. The summed E-state index contributed by atoms with van der Waals surface area (Å²) in [6, 6.07) is 28.8. The van der Waals surface area contributed by atoms with Gasteiger partial charge in [-0.25, -0.2) is 9.38 Å². The van der Waals surface area contributed by atoms with Gasteiger partial charge in [-0.1, -0.05) is 78.9 Å². The minimum absolute atomic E-state index is 0.0897. The van der Waals surface area contributed by atoms with Gasteiger partial charge < -0.3 is 15.4 Å². The van der Waals surface area contributed by atoms with E-state index in [0.717, 1.165) is 5.56 Å². The smallest absolute Gasteiger partial charge is 0.266 e. The van der Waals surface area contributed by atoms with E-state index in [9.17, 15) is 14.0 Å². The second kappa shape index (κ2) is 9.96. The van der Waals surface area contributed by atoms with Gasteiger partial charge in [-0.05, 0) is 40.5 Å². The fourth-order valence-corrected chi connectivity index (χ4v) is 5.53. The van der Waals surface area contributed by atoms with Crippen LogP contribution in [0.4, 0.5) is 4.39 Å². The van der Waals surface area contributed by atoms with E-state index in [1.165, 1.54) is 18.1 Å². The van der Waals surface area contributed by atoms with Gasteiger partial charge in [-0.15, -0.1) is 0 Å². The van der Waals surface area contributed by atoms with Crippen LogP contribution >= 0.6 is 0 Å². The van der Waals surface area contributed by atoms with Crippen molar-refractivity contribution in [3.63, 3.8) is 0 Å². The van der Waals surface area contributed by atoms with E-state index in [0.29, 0.717) is 40.1 Å². The second-order valence-electron chi connectivity index (χ2n) is 9.88. The van der Waals surface area contributed by atoms with Crippen LogP contribution in [-0.2, 0) is 30.0 Å². The molecule has 0 atom stereocenters. The largest absolute Gasteiger partial charge is 0.496 e. The first-order valence-electron chi connectivity index (χ1n) is 12.9. The van der Waals surface area contributed by atoms with Gasteiger partial charge in [0.2, 0.25) is 0 Å². The Morgan fingerprint density at radius 2 is 1.62 bits per heavy atom. The topological polar surface area (TPSA) is 88.2 Å². The average molecular weight is 535 g/mol. The molecular weight excluding hydrogens is 507 g/mol. The summed E-state index contributed by atoms with van der Waals surface area (Å²) in [5.74, 6) is -0.409. The van der Waals surface area contributed by atoms with E-state index < -0.39 is 5.54 Å². The maximum atomic E-state index is 14.3. The molecular formula is C32H27FN4O3. The molecule has 0 aliphatic carbocycles. The molecule has 4 aromatic rings. The van der Waals surface area contributed by atoms with Crippen molar-refractivity contribution in [3.05, 3.63) is 136 Å². The van der Waals surface area contributed by atoms with Crippen LogP contribution < -0.4 is 10.5 Å². The summed E-state index contributed by atoms with van der Waals surface area (Å²) in [7, 11) is 1.49. The van der Waals surface area contributed by atoms with Crippen molar-refractivity contribution in [3.8, 4) is 5.75 Å². The number of nitrogens with zero attached hydrogens (tertiary/aromatic N) is 3. The number of carbonyl (C=O) groups is 2. The number of hydrogen-bond donors (Lipinski definition) is 1. The Balaban J connectivity index is 1.32. The molecule has 200 valence electrons. The number of methoxy groups -OCH3 is 1. The Hall–Kier alpha value is -4.98. The van der Waals surface area contributed by atoms with Gasteiger partial charge in [-0.2, -0.15) is 0 Å². The third kappa shape index (κ3) is 4.09. The molecule has 6 rings (SSSR count). The molecule has 0 radical (unpaired) electrons. The maximum absolute atomic E-state index is 14.3. The Morgan fingerprint density at radius 3 is 2.25 bits per heavy atom. The lowest BCUT2D eigenvalue weighted by atomic mass is 9.83. The average Bonchev–Trinajstić information content (AvgIpc) is 3.54. The van der Waals surface area contributed by atoms with Crippen LogP contribution in [0.1, 0.15) is 38.2 Å². The van der Waals surface area contributed by atoms with E-state index in [1.807, 2.05) is 66.7 Å². The lowest BCUT2D eigenvalue weighted by molar-refractivity contribution is -0.130. The minimum atomic E-state index is -1.32. The van der Waals surface area contributed by atoms with E-state index in [2.05, 4.69) is 0 Å². The summed E-state index contributed by atoms with van der Waals surface area (Å²) in [6.07, 6.45) is 0. The van der Waals surface area contributed by atoms with Crippen molar-refractivity contribution in [1.29, 1.82) is 0 Å². The van der Waals surface area contributed by atoms with E-state index >= 15 is 0 Å². The third-order valence-corrected chi connectivity index (χ3v) is 7.54. The lowest BCUT2D eigenvalue weighted by Gasteiger charge is -2.27. The van der Waals surface area contributed by atoms with Crippen LogP contribution in [0.25, 0.3) is 0 Å². The molecule has 2 aliphatic heterocycles. The zero-order valence-electron chi connectivity index (χ0n) is 21.9. The summed E-state index contributed by atoms with van der Waals surface area (Å²) in [6.45, 7) is 0.587. The first-order chi connectivity index (χ1) is 19.4. The van der Waals surface area contributed by atoms with Crippen LogP contribution in [-0.4, -0.2) is 34.7 Å². The molecule has 0 unspecified atom stereocenters. The fourth-order valence-electron chi connectivity index (χ4n) is 5.53. The standard InChI is InChI=1S/C32H27FN4O3/c1-40-28-16-15-21(17-25(28)29(38)36-19-22-9-8-14-27(33)26(22)20-36)18-37-30(39)32(35-31(37)34,23-10-4-2-5-11-23)24-12-6-3-7-13-24/h2-17H,18-20H2,1H3,(H2,34,35). The Bertz CT molecular complexity index is 1600. The van der Waals surface area contributed by atoms with Gasteiger partial charge in [0.25, 0.3) is 11.8 Å². The molecule has 0 saturated heterocycles. The van der Waals surface area contributed by atoms with Gasteiger partial charge in [-0.3, -0.25) is 14.5 Å². The van der Waals surface area contributed by atoms with Crippen molar-refractivity contribution >= 4 is 17.8 Å². The highest BCUT2D eigenvalue weighted by molar-refractivity contribution is 6.09. The molecule has 0 spiro atoms. The normalized spacial score (nSPS) is 15.7. The number of halogens is 1. The number of aliphatic imine (C=N–C) groups is 1. The lowest BCUT2D eigenvalue weighted by Crippen LogP contribution is -2.43. The van der Waals surface area contributed by atoms with Gasteiger partial charge in [0.15, 0.2) is 11.5 Å². The van der Waals surface area contributed by atoms with Crippen molar-refractivity contribution in [2.45, 2.75) is 25.2 Å². The van der Waals surface area contributed by atoms with E-state index in [4.69, 9.17) is 15.5 Å². The van der Waals surface area contributed by atoms with Crippen molar-refractivity contribution in [1.82, 2.24) is 9.80 Å². The number of fused-ring (bicyclic) bond motifs is 1. The summed E-state index contributed by atoms with van der Waals surface area (Å²) in [4.78, 5) is 35.5. The van der Waals surface area contributed by atoms with Crippen LogP contribution in [0.15, 0.2) is 102 Å². The summed E-state index contributed by atoms with van der Waals surface area (Å²) >= 11 is 0. The predicted octanol–water partition coefficient (Wildman–Crippen LogP) is 4.59. The zero-order chi connectivity index (χ0) is 27.9. The highest BCUT2D eigenvalue weighted by Gasteiger charge is 2.50. The Labute approximate surface area is 231 Å². The number of carbonyl (C=O) groups excluding carboxylic acids is 2. The zero-order valence-corrected chi connectivity index (χ0v) is 21.9. The molecule has 7 nitrogen and oxygen atoms in total. The Morgan fingerprint density at radius 1 is 0.950 bits per heavy atom. The molecule has 0 bridgehead atoms. The molecule has 4 aromatic carbocycles. The predicted molar refractivity (Wildman–Crippen MR) is 149 cm³/mol. The molecule has 2 heterocycles. The third-order valence-electron chi connectivity index (χ3n) is 7.54. The number of hydrogen-bond acceptors (Lipinski definition) is 5. The van der Waals surface area contributed by atoms with Gasteiger partial charge in [0, 0.05) is 18.7 Å². The number of benzene rings is 4. The van der Waals surface area contributed by atoms with Crippen molar-refractivity contribution in [2.75, 3.05) is 7.11 Å². The number of amides is 2. The van der Waals surface area contributed by atoms with Crippen molar-refractivity contribution in [2.24, 2.45) is 10.7 Å². The minimum Gasteiger partial charge on any atom is -0.496 e. The van der Waals surface area contributed by atoms with E-state index in [1.54, 1.807) is 29.2 Å². The van der Waals surface area contributed by atoms with Gasteiger partial charge in [0.1, 0.15) is 11.6 Å². The van der Waals surface area contributed by atoms with E-state index in [-0.39, 0.29) is 36.7 Å². The Kier molecular flexibility index (Phi) is 6.30. The number of rotatable bonds is 6. The van der Waals surface area contributed by atoms with Crippen molar-refractivity contribution < 1.29 is 18.7 Å². The van der Waals surface area contributed by atoms with Crippen LogP contribution in [0, 0.1) is 5.82 Å². The van der Waals surface area contributed by atoms with Gasteiger partial charge in [0.05, 0.1) is 19.2 Å². The molecule has 40 heavy (non-hydrogen) atoms. The van der Waals surface area contributed by atoms with Gasteiger partial charge >= 0.3 is 0 Å². The maximum Gasteiger partial charge on any atom is 0.266 e. The van der Waals surface area contributed by atoms with Crippen LogP contribution in [0.5, 0.6) is 5.75 Å². The quantitative estimate of drug-likeness (QED) is 0.392. The molecule has 0 aromatic heterocycles. The first-order valence-corrected chi connectivity index (χ1v) is 12.9. The monoisotopic (exact) mass is 534 g/mol. The molecule has 8 heteroatoms. The molecule has 0 saturated carbocycles. The second-order valence-corrected chi connectivity index (χ2v) is 9.88. The highest BCUT2D eigenvalue weighted by atomic mass is 19.1. The fraction of sp³-hybridized carbons (Fsp3) is 0.156. The van der Waals surface area contributed by atoms with Crippen LogP contribution in [0.2, 0.25) is 0 Å². The van der Waals surface area contributed by atoms with Crippen LogP contribution in [0.3, 0.4) is 0 Å².